The lowest BCUT2D eigenvalue weighted by Gasteiger charge is -2.04. The van der Waals surface area contributed by atoms with Gasteiger partial charge in [0, 0.05) is 29.8 Å². The van der Waals surface area contributed by atoms with E-state index < -0.39 is 9.84 Å². The summed E-state index contributed by atoms with van der Waals surface area (Å²) in [6, 6.07) is 12.1. The molecule has 0 spiro atoms. The van der Waals surface area contributed by atoms with Crippen LogP contribution in [0.5, 0.6) is 0 Å². The van der Waals surface area contributed by atoms with E-state index in [1.165, 1.54) is 18.2 Å². The Hall–Kier alpha value is -2.40. The fraction of sp³-hybridized carbons (Fsp3) is 0.167. The third-order valence-corrected chi connectivity index (χ3v) is 4.55. The molecule has 0 saturated carbocycles. The Morgan fingerprint density at radius 3 is 2.30 bits per heavy atom. The average molecular weight is 329 g/mol. The molecule has 120 valence electrons. The molecule has 1 N–H and O–H groups in total. The summed E-state index contributed by atoms with van der Waals surface area (Å²) in [5, 5.41) is 2.96. The Balaban J connectivity index is 2.07. The molecule has 2 aromatic carbocycles. The molecular weight excluding hydrogens is 310 g/mol. The molecule has 2 aromatic rings. The van der Waals surface area contributed by atoms with Crippen LogP contribution in [0.25, 0.3) is 0 Å². The largest absolute Gasteiger partial charge is 0.362 e. The fourth-order valence-corrected chi connectivity index (χ4v) is 2.73. The van der Waals surface area contributed by atoms with Gasteiger partial charge < -0.3 is 5.32 Å². The van der Waals surface area contributed by atoms with Gasteiger partial charge in [-0.25, -0.2) is 8.42 Å². The Morgan fingerprint density at radius 2 is 1.70 bits per heavy atom. The number of benzene rings is 2. The van der Waals surface area contributed by atoms with Crippen LogP contribution < -0.4 is 5.32 Å². The molecule has 0 bridgehead atoms. The van der Waals surface area contributed by atoms with Crippen molar-refractivity contribution in [2.75, 3.05) is 11.6 Å². The van der Waals surface area contributed by atoms with Gasteiger partial charge in [-0.15, -0.1) is 0 Å². The molecule has 0 unspecified atom stereocenters. The molecule has 0 amide bonds. The molecule has 0 aliphatic heterocycles. The zero-order valence-corrected chi connectivity index (χ0v) is 14.1. The van der Waals surface area contributed by atoms with Crippen molar-refractivity contribution in [3.8, 4) is 0 Å². The first-order valence-corrected chi connectivity index (χ1v) is 9.01. The second kappa shape index (κ2) is 6.79. The Bertz CT molecular complexity index is 850. The van der Waals surface area contributed by atoms with Gasteiger partial charge in [0.05, 0.1) is 4.90 Å². The molecule has 0 aliphatic rings. The highest BCUT2D eigenvalue weighted by Crippen LogP contribution is 2.15. The molecule has 0 aromatic heterocycles. The smallest absolute Gasteiger partial charge is 0.187 e. The SMILES string of the molecule is Cc1ccc(C)c(C(=O)/C=C/Nc2ccc(S(C)(=O)=O)cc2)c1. The van der Waals surface area contributed by atoms with Crippen LogP contribution in [0.4, 0.5) is 5.69 Å². The van der Waals surface area contributed by atoms with Gasteiger partial charge >= 0.3 is 0 Å². The molecule has 5 heteroatoms. The van der Waals surface area contributed by atoms with Crippen molar-refractivity contribution in [3.05, 3.63) is 71.4 Å². The van der Waals surface area contributed by atoms with Gasteiger partial charge in [-0.2, -0.15) is 0 Å². The van der Waals surface area contributed by atoms with Crippen LogP contribution in [0.15, 0.2) is 59.6 Å². The predicted octanol–water partition coefficient (Wildman–Crippen LogP) is 3.52. The van der Waals surface area contributed by atoms with Gasteiger partial charge in [-0.05, 0) is 49.7 Å². The third-order valence-electron chi connectivity index (χ3n) is 3.43. The van der Waals surface area contributed by atoms with Gasteiger partial charge in [-0.3, -0.25) is 4.79 Å². The summed E-state index contributed by atoms with van der Waals surface area (Å²) in [6.07, 6.45) is 4.18. The maximum absolute atomic E-state index is 12.2. The average Bonchev–Trinajstić information content (AvgIpc) is 2.49. The van der Waals surface area contributed by atoms with E-state index >= 15 is 0 Å². The second-order valence-corrected chi connectivity index (χ2v) is 7.47. The van der Waals surface area contributed by atoms with Crippen LogP contribution in [0, 0.1) is 13.8 Å². The summed E-state index contributed by atoms with van der Waals surface area (Å²) in [4.78, 5) is 12.4. The number of carbonyl (C=O) groups excluding carboxylic acids is 1. The van der Waals surface area contributed by atoms with Crippen molar-refractivity contribution in [1.29, 1.82) is 0 Å². The minimum absolute atomic E-state index is 0.0774. The lowest BCUT2D eigenvalue weighted by molar-refractivity contribution is 0.104. The summed E-state index contributed by atoms with van der Waals surface area (Å²) in [7, 11) is -3.20. The number of ketones is 1. The molecule has 23 heavy (non-hydrogen) atoms. The van der Waals surface area contributed by atoms with Crippen LogP contribution >= 0.6 is 0 Å². The van der Waals surface area contributed by atoms with Gasteiger partial charge in [0.2, 0.25) is 0 Å². The van der Waals surface area contributed by atoms with E-state index in [2.05, 4.69) is 5.32 Å². The number of nitrogens with one attached hydrogen (secondary N) is 1. The Labute approximate surface area is 136 Å². The maximum Gasteiger partial charge on any atom is 0.187 e. The topological polar surface area (TPSA) is 63.2 Å². The highest BCUT2D eigenvalue weighted by molar-refractivity contribution is 7.90. The Morgan fingerprint density at radius 1 is 1.04 bits per heavy atom. The number of rotatable bonds is 5. The monoisotopic (exact) mass is 329 g/mol. The highest BCUT2D eigenvalue weighted by atomic mass is 32.2. The van der Waals surface area contributed by atoms with Crippen LogP contribution in [0.3, 0.4) is 0 Å². The normalized spacial score (nSPS) is 11.6. The van der Waals surface area contributed by atoms with E-state index in [0.29, 0.717) is 11.3 Å². The summed E-state index contributed by atoms with van der Waals surface area (Å²) >= 11 is 0. The quantitative estimate of drug-likeness (QED) is 0.673. The van der Waals surface area contributed by atoms with Crippen molar-refractivity contribution in [2.45, 2.75) is 18.7 Å². The summed E-state index contributed by atoms with van der Waals surface area (Å²) in [5.74, 6) is -0.0774. The lowest BCUT2D eigenvalue weighted by Crippen LogP contribution is -2.00. The number of hydrogen-bond acceptors (Lipinski definition) is 4. The summed E-state index contributed by atoms with van der Waals surface area (Å²) < 4.78 is 22.8. The van der Waals surface area contributed by atoms with E-state index in [1.807, 2.05) is 32.0 Å². The number of carbonyl (C=O) groups is 1. The number of anilines is 1. The maximum atomic E-state index is 12.2. The first-order chi connectivity index (χ1) is 10.8. The second-order valence-electron chi connectivity index (χ2n) is 5.46. The zero-order valence-electron chi connectivity index (χ0n) is 13.3. The van der Waals surface area contributed by atoms with Crippen LogP contribution in [0.1, 0.15) is 21.5 Å². The van der Waals surface area contributed by atoms with E-state index in [4.69, 9.17) is 0 Å². The number of hydrogen-bond donors (Lipinski definition) is 1. The van der Waals surface area contributed by atoms with E-state index in [1.54, 1.807) is 18.3 Å². The van der Waals surface area contributed by atoms with Gasteiger partial charge in [0.15, 0.2) is 15.6 Å². The Kier molecular flexibility index (Phi) is 5.01. The molecular formula is C18H19NO3S. The molecule has 4 nitrogen and oxygen atoms in total. The standard InChI is InChI=1S/C18H19NO3S/c1-13-4-5-14(2)17(12-13)18(20)10-11-19-15-6-8-16(9-7-15)23(3,21)22/h4-12,19H,1-3H3/b11-10+. The predicted molar refractivity (Wildman–Crippen MR) is 92.6 cm³/mol. The van der Waals surface area contributed by atoms with Crippen LogP contribution in [-0.4, -0.2) is 20.5 Å². The highest BCUT2D eigenvalue weighted by Gasteiger charge is 2.07. The van der Waals surface area contributed by atoms with Crippen molar-refractivity contribution >= 4 is 21.3 Å². The molecule has 0 fully saturated rings. The minimum Gasteiger partial charge on any atom is -0.362 e. The first-order valence-electron chi connectivity index (χ1n) is 7.12. The van der Waals surface area contributed by atoms with Gasteiger partial charge in [0.1, 0.15) is 0 Å². The van der Waals surface area contributed by atoms with Crippen LogP contribution in [0.2, 0.25) is 0 Å². The summed E-state index contributed by atoms with van der Waals surface area (Å²) in [5.41, 5.74) is 3.36. The molecule has 0 atom stereocenters. The van der Waals surface area contributed by atoms with Crippen LogP contribution in [-0.2, 0) is 9.84 Å². The van der Waals surface area contributed by atoms with Gasteiger partial charge in [0.25, 0.3) is 0 Å². The van der Waals surface area contributed by atoms with Crippen molar-refractivity contribution < 1.29 is 13.2 Å². The number of aryl methyl sites for hydroxylation is 2. The molecule has 0 radical (unpaired) electrons. The molecule has 2 rings (SSSR count). The number of sulfone groups is 1. The van der Waals surface area contributed by atoms with Gasteiger partial charge in [-0.1, -0.05) is 17.7 Å². The lowest BCUT2D eigenvalue weighted by atomic mass is 10.0. The van der Waals surface area contributed by atoms with E-state index in [-0.39, 0.29) is 10.7 Å². The van der Waals surface area contributed by atoms with Crippen molar-refractivity contribution in [2.24, 2.45) is 0 Å². The van der Waals surface area contributed by atoms with Crippen molar-refractivity contribution in [3.63, 3.8) is 0 Å². The first kappa shape index (κ1) is 17.0. The number of allylic oxidation sites excluding steroid dienone is 1. The van der Waals surface area contributed by atoms with E-state index in [0.717, 1.165) is 17.4 Å². The summed E-state index contributed by atoms with van der Waals surface area (Å²) in [6.45, 7) is 3.85. The third kappa shape index (κ3) is 4.53. The zero-order chi connectivity index (χ0) is 17.0. The minimum atomic E-state index is -3.20. The van der Waals surface area contributed by atoms with E-state index in [9.17, 15) is 13.2 Å². The molecule has 0 saturated heterocycles. The fourth-order valence-electron chi connectivity index (χ4n) is 2.10. The molecule has 0 aliphatic carbocycles. The molecule has 0 heterocycles. The van der Waals surface area contributed by atoms with Crippen molar-refractivity contribution in [1.82, 2.24) is 0 Å².